The van der Waals surface area contributed by atoms with Crippen molar-refractivity contribution in [3.63, 3.8) is 0 Å². The van der Waals surface area contributed by atoms with Gasteiger partial charge >= 0.3 is 6.03 Å². The summed E-state index contributed by atoms with van der Waals surface area (Å²) in [6.07, 6.45) is 1.93. The lowest BCUT2D eigenvalue weighted by molar-refractivity contribution is -0.120. The molecule has 0 aromatic heterocycles. The molecule has 0 saturated carbocycles. The lowest BCUT2D eigenvalue weighted by Crippen LogP contribution is -2.46. The van der Waals surface area contributed by atoms with Crippen LogP contribution in [0.3, 0.4) is 0 Å². The zero-order valence-corrected chi connectivity index (χ0v) is 15.0. The number of carbonyl (C=O) groups is 2. The molecule has 0 aliphatic carbocycles. The number of urea groups is 1. The van der Waals surface area contributed by atoms with E-state index in [1.54, 1.807) is 4.90 Å². The minimum Gasteiger partial charge on any atom is -0.353 e. The Bertz CT molecular complexity index is 539. The first-order valence-corrected chi connectivity index (χ1v) is 8.27. The number of halogens is 1. The summed E-state index contributed by atoms with van der Waals surface area (Å²) in [5, 5.41) is 8.68. The fourth-order valence-electron chi connectivity index (χ4n) is 2.59. The van der Waals surface area contributed by atoms with Gasteiger partial charge < -0.3 is 20.9 Å². The molecule has 3 amide bonds. The second-order valence-electron chi connectivity index (χ2n) is 5.70. The van der Waals surface area contributed by atoms with E-state index in [1.165, 1.54) is 11.1 Å². The predicted octanol–water partition coefficient (Wildman–Crippen LogP) is 1.29. The lowest BCUT2D eigenvalue weighted by Gasteiger charge is -2.28. The normalized spacial score (nSPS) is 12.8. The highest BCUT2D eigenvalue weighted by Gasteiger charge is 2.20. The summed E-state index contributed by atoms with van der Waals surface area (Å²) >= 11 is 0. The molecule has 0 radical (unpaired) electrons. The molecule has 0 bridgehead atoms. The van der Waals surface area contributed by atoms with Crippen LogP contribution in [0.1, 0.15) is 24.5 Å². The molecule has 6 nitrogen and oxygen atoms in total. The van der Waals surface area contributed by atoms with Gasteiger partial charge in [-0.15, -0.1) is 12.4 Å². The van der Waals surface area contributed by atoms with Gasteiger partial charge in [0.15, 0.2) is 0 Å². The van der Waals surface area contributed by atoms with Crippen molar-refractivity contribution in [2.24, 2.45) is 0 Å². The van der Waals surface area contributed by atoms with E-state index in [9.17, 15) is 9.59 Å². The Morgan fingerprint density at radius 1 is 1.08 bits per heavy atom. The Morgan fingerprint density at radius 3 is 2.58 bits per heavy atom. The third-order valence-electron chi connectivity index (χ3n) is 3.87. The minimum atomic E-state index is -0.182. The smallest absolute Gasteiger partial charge is 0.318 e. The molecule has 0 saturated heterocycles. The van der Waals surface area contributed by atoms with Gasteiger partial charge in [-0.25, -0.2) is 4.79 Å². The van der Waals surface area contributed by atoms with Crippen LogP contribution in [0.5, 0.6) is 0 Å². The van der Waals surface area contributed by atoms with E-state index in [4.69, 9.17) is 0 Å². The van der Waals surface area contributed by atoms with Gasteiger partial charge in [-0.3, -0.25) is 4.79 Å². The molecule has 3 N–H and O–H groups in total. The monoisotopic (exact) mass is 354 g/mol. The number of rotatable bonds is 7. The molecule has 7 heteroatoms. The summed E-state index contributed by atoms with van der Waals surface area (Å²) in [5.74, 6) is -0.158. The average Bonchev–Trinajstić information content (AvgIpc) is 2.59. The van der Waals surface area contributed by atoms with Crippen LogP contribution >= 0.6 is 12.4 Å². The van der Waals surface area contributed by atoms with Gasteiger partial charge in [0.2, 0.25) is 5.91 Å². The predicted molar refractivity (Wildman–Crippen MR) is 97.4 cm³/mol. The standard InChI is InChI=1S/C17H26N4O2.ClH/c1-2-8-18-9-10-19-16(22)12-20-17(23)21-11-7-14-5-3-4-6-15(14)13-21;/h3-6,18H,2,7-13H2,1H3,(H,19,22)(H,20,23);1H. The molecule has 2 rings (SSSR count). The van der Waals surface area contributed by atoms with Crippen molar-refractivity contribution in [3.05, 3.63) is 35.4 Å². The molecule has 0 fully saturated rings. The maximum absolute atomic E-state index is 12.1. The lowest BCUT2D eigenvalue weighted by atomic mass is 10.0. The van der Waals surface area contributed by atoms with Crippen molar-refractivity contribution in [1.82, 2.24) is 20.9 Å². The summed E-state index contributed by atoms with van der Waals surface area (Å²) in [6, 6.07) is 7.97. The van der Waals surface area contributed by atoms with Crippen molar-refractivity contribution in [2.75, 3.05) is 32.7 Å². The van der Waals surface area contributed by atoms with E-state index >= 15 is 0 Å². The topological polar surface area (TPSA) is 73.5 Å². The number of hydrogen-bond acceptors (Lipinski definition) is 3. The van der Waals surface area contributed by atoms with Gasteiger partial charge in [-0.2, -0.15) is 0 Å². The summed E-state index contributed by atoms with van der Waals surface area (Å²) in [5.41, 5.74) is 2.48. The van der Waals surface area contributed by atoms with Crippen molar-refractivity contribution in [2.45, 2.75) is 26.3 Å². The van der Waals surface area contributed by atoms with Gasteiger partial charge in [0.25, 0.3) is 0 Å². The number of hydrogen-bond donors (Lipinski definition) is 3. The molecule has 0 unspecified atom stereocenters. The zero-order valence-electron chi connectivity index (χ0n) is 14.1. The molecule has 1 aliphatic rings. The highest BCUT2D eigenvalue weighted by molar-refractivity contribution is 5.85. The quantitative estimate of drug-likeness (QED) is 0.646. The zero-order chi connectivity index (χ0) is 16.5. The third kappa shape index (κ3) is 6.37. The summed E-state index contributed by atoms with van der Waals surface area (Å²) in [7, 11) is 0. The van der Waals surface area contributed by atoms with E-state index in [0.29, 0.717) is 19.6 Å². The van der Waals surface area contributed by atoms with E-state index in [0.717, 1.165) is 25.9 Å². The summed E-state index contributed by atoms with van der Waals surface area (Å²) < 4.78 is 0. The Hall–Kier alpha value is -1.79. The highest BCUT2D eigenvalue weighted by Crippen LogP contribution is 2.18. The van der Waals surface area contributed by atoms with Crippen LogP contribution in [0.2, 0.25) is 0 Å². The van der Waals surface area contributed by atoms with Gasteiger partial charge in [-0.05, 0) is 30.5 Å². The minimum absolute atomic E-state index is 0. The molecule has 1 aromatic rings. The van der Waals surface area contributed by atoms with Crippen LogP contribution in [0, 0.1) is 0 Å². The molecule has 134 valence electrons. The SMILES string of the molecule is CCCNCCNC(=O)CNC(=O)N1CCc2ccccc2C1.Cl. The maximum Gasteiger partial charge on any atom is 0.318 e. The summed E-state index contributed by atoms with van der Waals surface area (Å²) in [4.78, 5) is 25.6. The number of carbonyl (C=O) groups excluding carboxylic acids is 2. The third-order valence-corrected chi connectivity index (χ3v) is 3.87. The van der Waals surface area contributed by atoms with Crippen LogP contribution in [0.4, 0.5) is 4.79 Å². The van der Waals surface area contributed by atoms with E-state index in [2.05, 4.69) is 28.9 Å². The van der Waals surface area contributed by atoms with Gasteiger partial charge in [0.05, 0.1) is 6.54 Å². The fraction of sp³-hybridized carbons (Fsp3) is 0.529. The van der Waals surface area contributed by atoms with Crippen LogP contribution in [-0.2, 0) is 17.8 Å². The molecule has 24 heavy (non-hydrogen) atoms. The Labute approximate surface area is 149 Å². The molecular formula is C17H27ClN4O2. The number of benzene rings is 1. The Morgan fingerprint density at radius 2 is 1.83 bits per heavy atom. The van der Waals surface area contributed by atoms with Crippen molar-refractivity contribution in [3.8, 4) is 0 Å². The first-order valence-electron chi connectivity index (χ1n) is 8.27. The molecular weight excluding hydrogens is 328 g/mol. The largest absolute Gasteiger partial charge is 0.353 e. The van der Waals surface area contributed by atoms with Gasteiger partial charge in [-0.1, -0.05) is 31.2 Å². The number of nitrogens with zero attached hydrogens (tertiary/aromatic N) is 1. The molecule has 0 atom stereocenters. The van der Waals surface area contributed by atoms with Crippen molar-refractivity contribution >= 4 is 24.3 Å². The molecule has 1 aromatic carbocycles. The van der Waals surface area contributed by atoms with Gasteiger partial charge in [0.1, 0.15) is 0 Å². The molecule has 0 spiro atoms. The Kier molecular flexibility index (Phi) is 9.19. The first-order chi connectivity index (χ1) is 11.2. The van der Waals surface area contributed by atoms with E-state index in [1.807, 2.05) is 18.2 Å². The average molecular weight is 355 g/mol. The highest BCUT2D eigenvalue weighted by atomic mass is 35.5. The van der Waals surface area contributed by atoms with Gasteiger partial charge in [0, 0.05) is 26.2 Å². The first kappa shape index (κ1) is 20.3. The summed E-state index contributed by atoms with van der Waals surface area (Å²) in [6.45, 7) is 5.67. The number of amides is 3. The fourth-order valence-corrected chi connectivity index (χ4v) is 2.59. The van der Waals surface area contributed by atoms with Crippen LogP contribution in [0.25, 0.3) is 0 Å². The second-order valence-corrected chi connectivity index (χ2v) is 5.70. The molecule has 1 heterocycles. The second kappa shape index (κ2) is 10.9. The number of fused-ring (bicyclic) bond motifs is 1. The van der Waals surface area contributed by atoms with Crippen molar-refractivity contribution < 1.29 is 9.59 Å². The van der Waals surface area contributed by atoms with Crippen LogP contribution in [0.15, 0.2) is 24.3 Å². The number of nitrogens with one attached hydrogen (secondary N) is 3. The molecule has 1 aliphatic heterocycles. The van der Waals surface area contributed by atoms with Crippen LogP contribution < -0.4 is 16.0 Å². The van der Waals surface area contributed by atoms with Crippen LogP contribution in [-0.4, -0.2) is 49.6 Å². The maximum atomic E-state index is 12.1. The van der Waals surface area contributed by atoms with Crippen molar-refractivity contribution in [1.29, 1.82) is 0 Å². The van der Waals surface area contributed by atoms with E-state index < -0.39 is 0 Å². The Balaban J connectivity index is 0.00000288. The van der Waals surface area contributed by atoms with E-state index in [-0.39, 0.29) is 30.9 Å².